The van der Waals surface area contributed by atoms with E-state index in [1.165, 1.54) is 17.9 Å². The molecule has 1 saturated heterocycles. The van der Waals surface area contributed by atoms with E-state index in [0.29, 0.717) is 0 Å². The molecule has 0 saturated carbocycles. The third kappa shape index (κ3) is 7.79. The van der Waals surface area contributed by atoms with Crippen LogP contribution in [0.15, 0.2) is 0 Å². The Bertz CT molecular complexity index is 161. The standard InChI is InChI=1S/C11H25N3S2/c1-11(12)9-15-7-5-13-3-2-4-14-6-8-16-10-11/h13-14H,2-10,12H2,1H3. The van der Waals surface area contributed by atoms with Crippen LogP contribution in [0.1, 0.15) is 13.3 Å². The monoisotopic (exact) mass is 263 g/mol. The van der Waals surface area contributed by atoms with Crippen molar-refractivity contribution in [2.75, 3.05) is 49.2 Å². The normalized spacial score (nSPS) is 25.9. The van der Waals surface area contributed by atoms with Crippen LogP contribution in [-0.2, 0) is 0 Å². The third-order valence-corrected chi connectivity index (χ3v) is 5.13. The maximum absolute atomic E-state index is 6.25. The Morgan fingerprint density at radius 2 is 1.44 bits per heavy atom. The van der Waals surface area contributed by atoms with E-state index >= 15 is 0 Å². The molecule has 3 nitrogen and oxygen atoms in total. The lowest BCUT2D eigenvalue weighted by molar-refractivity contribution is 0.597. The van der Waals surface area contributed by atoms with Crippen LogP contribution in [0.2, 0.25) is 0 Å². The molecule has 0 atom stereocenters. The lowest BCUT2D eigenvalue weighted by atomic mass is 10.1. The first-order chi connectivity index (χ1) is 7.71. The highest BCUT2D eigenvalue weighted by Gasteiger charge is 2.17. The molecule has 5 heteroatoms. The van der Waals surface area contributed by atoms with Crippen molar-refractivity contribution < 1.29 is 0 Å². The number of thioether (sulfide) groups is 2. The predicted octanol–water partition coefficient (Wildman–Crippen LogP) is 0.753. The van der Waals surface area contributed by atoms with E-state index in [-0.39, 0.29) is 5.54 Å². The van der Waals surface area contributed by atoms with Gasteiger partial charge in [-0.2, -0.15) is 23.5 Å². The second-order valence-corrected chi connectivity index (χ2v) is 6.82. The molecule has 1 fully saturated rings. The molecule has 0 unspecified atom stereocenters. The fraction of sp³-hybridized carbons (Fsp3) is 1.00. The Hall–Kier alpha value is 0.580. The Labute approximate surface area is 108 Å². The summed E-state index contributed by atoms with van der Waals surface area (Å²) >= 11 is 3.94. The minimum absolute atomic E-state index is 0.0144. The van der Waals surface area contributed by atoms with Crippen molar-refractivity contribution in [3.05, 3.63) is 0 Å². The SMILES string of the molecule is CC1(N)CSCCNCCCNCCSC1. The molecule has 4 N–H and O–H groups in total. The molecule has 0 spiro atoms. The second kappa shape index (κ2) is 8.64. The van der Waals surface area contributed by atoms with Gasteiger partial charge in [-0.05, 0) is 26.4 Å². The summed E-state index contributed by atoms with van der Waals surface area (Å²) in [7, 11) is 0. The Morgan fingerprint density at radius 1 is 0.938 bits per heavy atom. The first-order valence-electron chi connectivity index (χ1n) is 6.06. The highest BCUT2D eigenvalue weighted by molar-refractivity contribution is 8.00. The third-order valence-electron chi connectivity index (χ3n) is 2.42. The van der Waals surface area contributed by atoms with E-state index in [0.717, 1.165) is 37.7 Å². The lowest BCUT2D eigenvalue weighted by Crippen LogP contribution is -2.42. The van der Waals surface area contributed by atoms with E-state index in [2.05, 4.69) is 17.6 Å². The van der Waals surface area contributed by atoms with Gasteiger partial charge in [-0.15, -0.1) is 0 Å². The highest BCUT2D eigenvalue weighted by atomic mass is 32.2. The van der Waals surface area contributed by atoms with E-state index in [1.807, 2.05) is 23.5 Å². The zero-order chi connectivity index (χ0) is 11.7. The molecule has 96 valence electrons. The molecule has 1 aliphatic heterocycles. The average molecular weight is 263 g/mol. The maximum Gasteiger partial charge on any atom is 0.0309 e. The molecule has 0 aliphatic carbocycles. The van der Waals surface area contributed by atoms with Crippen LogP contribution < -0.4 is 16.4 Å². The summed E-state index contributed by atoms with van der Waals surface area (Å²) in [4.78, 5) is 0. The van der Waals surface area contributed by atoms with Gasteiger partial charge in [0.1, 0.15) is 0 Å². The van der Waals surface area contributed by atoms with Crippen LogP contribution in [0.25, 0.3) is 0 Å². The molecule has 0 aromatic rings. The van der Waals surface area contributed by atoms with Gasteiger partial charge in [0.15, 0.2) is 0 Å². The summed E-state index contributed by atoms with van der Waals surface area (Å²) in [5.74, 6) is 4.47. The summed E-state index contributed by atoms with van der Waals surface area (Å²) in [5, 5.41) is 6.92. The maximum atomic E-state index is 6.25. The van der Waals surface area contributed by atoms with Crippen LogP contribution in [-0.4, -0.2) is 54.7 Å². The molecule has 0 aromatic carbocycles. The largest absolute Gasteiger partial charge is 0.324 e. The molecule has 1 rings (SSSR count). The van der Waals surface area contributed by atoms with Gasteiger partial charge in [-0.1, -0.05) is 0 Å². The van der Waals surface area contributed by atoms with Gasteiger partial charge in [0.05, 0.1) is 0 Å². The van der Waals surface area contributed by atoms with Crippen LogP contribution in [0, 0.1) is 0 Å². The molecule has 1 aliphatic rings. The van der Waals surface area contributed by atoms with Gasteiger partial charge in [0.2, 0.25) is 0 Å². The molecule has 0 radical (unpaired) electrons. The van der Waals surface area contributed by atoms with Crippen molar-refractivity contribution in [1.29, 1.82) is 0 Å². The van der Waals surface area contributed by atoms with Crippen molar-refractivity contribution in [1.82, 2.24) is 10.6 Å². The fourth-order valence-corrected chi connectivity index (χ4v) is 3.66. The van der Waals surface area contributed by atoms with Gasteiger partial charge in [0, 0.05) is 41.6 Å². The highest BCUT2D eigenvalue weighted by Crippen LogP contribution is 2.16. The summed E-state index contributed by atoms with van der Waals surface area (Å²) in [6.45, 7) is 6.63. The van der Waals surface area contributed by atoms with E-state index in [1.54, 1.807) is 0 Å². The van der Waals surface area contributed by atoms with Crippen LogP contribution >= 0.6 is 23.5 Å². The first kappa shape index (κ1) is 14.6. The smallest absolute Gasteiger partial charge is 0.0309 e. The molecular formula is C11H25N3S2. The molecular weight excluding hydrogens is 238 g/mol. The van der Waals surface area contributed by atoms with Gasteiger partial charge < -0.3 is 16.4 Å². The second-order valence-electron chi connectivity index (χ2n) is 4.61. The summed E-state index contributed by atoms with van der Waals surface area (Å²) in [6.07, 6.45) is 1.23. The minimum atomic E-state index is -0.0144. The quantitative estimate of drug-likeness (QED) is 0.602. The Kier molecular flexibility index (Phi) is 7.90. The van der Waals surface area contributed by atoms with Crippen LogP contribution in [0.4, 0.5) is 0 Å². The zero-order valence-corrected chi connectivity index (χ0v) is 11.9. The van der Waals surface area contributed by atoms with E-state index in [9.17, 15) is 0 Å². The van der Waals surface area contributed by atoms with E-state index < -0.39 is 0 Å². The minimum Gasteiger partial charge on any atom is -0.324 e. The number of hydrogen-bond donors (Lipinski definition) is 3. The van der Waals surface area contributed by atoms with Gasteiger partial charge in [-0.3, -0.25) is 0 Å². The summed E-state index contributed by atoms with van der Waals surface area (Å²) in [6, 6.07) is 0. The van der Waals surface area contributed by atoms with E-state index in [4.69, 9.17) is 5.73 Å². The Morgan fingerprint density at radius 3 is 1.94 bits per heavy atom. The van der Waals surface area contributed by atoms with Crippen molar-refractivity contribution in [3.8, 4) is 0 Å². The molecule has 0 aromatic heterocycles. The fourth-order valence-electron chi connectivity index (χ4n) is 1.53. The van der Waals surface area contributed by atoms with Crippen molar-refractivity contribution in [3.63, 3.8) is 0 Å². The van der Waals surface area contributed by atoms with Gasteiger partial charge in [0.25, 0.3) is 0 Å². The predicted molar refractivity (Wildman–Crippen MR) is 77.6 cm³/mol. The van der Waals surface area contributed by atoms with Crippen LogP contribution in [0.3, 0.4) is 0 Å². The molecule has 16 heavy (non-hydrogen) atoms. The summed E-state index contributed by atoms with van der Waals surface area (Å²) < 4.78 is 0. The lowest BCUT2D eigenvalue weighted by Gasteiger charge is -2.24. The topological polar surface area (TPSA) is 50.1 Å². The number of hydrogen-bond acceptors (Lipinski definition) is 5. The molecule has 0 amide bonds. The van der Waals surface area contributed by atoms with Crippen molar-refractivity contribution in [2.24, 2.45) is 5.73 Å². The van der Waals surface area contributed by atoms with Crippen molar-refractivity contribution >= 4 is 23.5 Å². The summed E-state index contributed by atoms with van der Waals surface area (Å²) in [5.41, 5.74) is 6.23. The Balaban J connectivity index is 2.22. The number of nitrogens with one attached hydrogen (secondary N) is 2. The molecule has 0 bridgehead atoms. The van der Waals surface area contributed by atoms with Gasteiger partial charge >= 0.3 is 0 Å². The van der Waals surface area contributed by atoms with Crippen LogP contribution in [0.5, 0.6) is 0 Å². The zero-order valence-electron chi connectivity index (χ0n) is 10.3. The first-order valence-corrected chi connectivity index (χ1v) is 8.37. The average Bonchev–Trinajstić information content (AvgIpc) is 2.24. The van der Waals surface area contributed by atoms with Gasteiger partial charge in [-0.25, -0.2) is 0 Å². The number of nitrogens with two attached hydrogens (primary N) is 1. The molecule has 1 heterocycles. The van der Waals surface area contributed by atoms with Crippen molar-refractivity contribution in [2.45, 2.75) is 18.9 Å². The number of rotatable bonds is 0.